The van der Waals surface area contributed by atoms with E-state index in [2.05, 4.69) is 0 Å². The van der Waals surface area contributed by atoms with Crippen LogP contribution in [0.5, 0.6) is 0 Å². The van der Waals surface area contributed by atoms with E-state index in [-0.39, 0.29) is 36.2 Å². The molecule has 0 aromatic heterocycles. The summed E-state index contributed by atoms with van der Waals surface area (Å²) < 4.78 is 0. The van der Waals surface area contributed by atoms with E-state index in [4.69, 9.17) is 4.84 Å². The molecule has 4 rings (SSSR count). The van der Waals surface area contributed by atoms with E-state index in [1.54, 1.807) is 6.92 Å². The molecular weight excluding hydrogens is 464 g/mol. The van der Waals surface area contributed by atoms with Crippen molar-refractivity contribution in [1.29, 1.82) is 0 Å². The maximum atomic E-state index is 13.7. The van der Waals surface area contributed by atoms with Crippen LogP contribution in [-0.4, -0.2) is 33.8 Å². The summed E-state index contributed by atoms with van der Waals surface area (Å²) in [5.41, 5.74) is 2.92. The number of hydrogen-bond donors (Lipinski definition) is 0. The van der Waals surface area contributed by atoms with Crippen LogP contribution in [0.1, 0.15) is 74.7 Å². The number of benzene rings is 3. The van der Waals surface area contributed by atoms with E-state index in [9.17, 15) is 14.4 Å². The van der Waals surface area contributed by atoms with Gasteiger partial charge in [0.15, 0.2) is 0 Å². The number of hydroxylamine groups is 2. The fourth-order valence-electron chi connectivity index (χ4n) is 5.49. The van der Waals surface area contributed by atoms with Gasteiger partial charge in [0.05, 0.1) is 18.1 Å². The van der Waals surface area contributed by atoms with Gasteiger partial charge in [0.25, 0.3) is 5.91 Å². The molecule has 4 unspecified atom stereocenters. The zero-order chi connectivity index (χ0) is 26.4. The smallest absolute Gasteiger partial charge is 0.329 e. The number of nitrogens with zero attached hydrogens (tertiary/aromatic N) is 2. The van der Waals surface area contributed by atoms with Crippen molar-refractivity contribution in [3.63, 3.8) is 0 Å². The summed E-state index contributed by atoms with van der Waals surface area (Å²) >= 11 is 0. The quantitative estimate of drug-likeness (QED) is 0.392. The van der Waals surface area contributed by atoms with Crippen molar-refractivity contribution < 1.29 is 19.2 Å². The number of likely N-dealkylation sites (tertiary alicyclic amines) is 1. The molecule has 4 atom stereocenters. The minimum absolute atomic E-state index is 0.0305. The van der Waals surface area contributed by atoms with Crippen LogP contribution in [-0.2, 0) is 19.2 Å². The summed E-state index contributed by atoms with van der Waals surface area (Å²) in [6.07, 6.45) is 0.965. The molecule has 1 aliphatic heterocycles. The number of hydrogen-bond acceptors (Lipinski definition) is 4. The monoisotopic (exact) mass is 498 g/mol. The van der Waals surface area contributed by atoms with Crippen LogP contribution in [0.2, 0.25) is 0 Å². The third kappa shape index (κ3) is 5.58. The van der Waals surface area contributed by atoms with Gasteiger partial charge in [-0.05, 0) is 23.1 Å². The molecular formula is C31H34N2O4. The van der Waals surface area contributed by atoms with Gasteiger partial charge in [-0.2, -0.15) is 5.06 Å². The van der Waals surface area contributed by atoms with Gasteiger partial charge in [0.2, 0.25) is 5.91 Å². The SMILES string of the molecule is CCC(=O)N(OC(C)=O)C1CC(c2ccccc2)N(C(=O)CC)C(c2ccccc2)C1c1ccccc1. The van der Waals surface area contributed by atoms with Gasteiger partial charge in [-0.25, -0.2) is 0 Å². The van der Waals surface area contributed by atoms with Crippen molar-refractivity contribution in [2.75, 3.05) is 0 Å². The summed E-state index contributed by atoms with van der Waals surface area (Å²) in [5, 5.41) is 1.28. The van der Waals surface area contributed by atoms with Crippen molar-refractivity contribution in [1.82, 2.24) is 9.96 Å². The Morgan fingerprint density at radius 1 is 0.784 bits per heavy atom. The standard InChI is InChI=1S/C31H34N2O4/c1-4-28(35)32-26(23-15-9-6-10-16-23)21-27(33(29(36)5-2)37-22(3)34)30(24-17-11-7-12-18-24)31(32)25-19-13-8-14-20-25/h6-20,26-27,30-31H,4-5,21H2,1-3H3. The second-order valence-electron chi connectivity index (χ2n) is 9.33. The van der Waals surface area contributed by atoms with Crippen LogP contribution in [0, 0.1) is 0 Å². The summed E-state index contributed by atoms with van der Waals surface area (Å²) in [6, 6.07) is 28.6. The van der Waals surface area contributed by atoms with E-state index in [0.29, 0.717) is 12.8 Å². The number of carbonyl (C=O) groups excluding carboxylic acids is 3. The Labute approximate surface area is 218 Å². The summed E-state index contributed by atoms with van der Waals surface area (Å²) in [4.78, 5) is 46.8. The summed E-state index contributed by atoms with van der Waals surface area (Å²) in [6.45, 7) is 4.95. The lowest BCUT2D eigenvalue weighted by molar-refractivity contribution is -0.214. The second-order valence-corrected chi connectivity index (χ2v) is 9.33. The average molecular weight is 499 g/mol. The minimum Gasteiger partial charge on any atom is -0.338 e. The van der Waals surface area contributed by atoms with Crippen molar-refractivity contribution in [3.05, 3.63) is 108 Å². The van der Waals surface area contributed by atoms with Gasteiger partial charge in [-0.1, -0.05) is 105 Å². The first-order valence-electron chi connectivity index (χ1n) is 12.9. The first-order valence-corrected chi connectivity index (χ1v) is 12.9. The highest BCUT2D eigenvalue weighted by Gasteiger charge is 2.50. The molecule has 0 radical (unpaired) electrons. The average Bonchev–Trinajstić information content (AvgIpc) is 2.95. The molecule has 0 bridgehead atoms. The Bertz CT molecular complexity index is 1200. The maximum absolute atomic E-state index is 13.7. The Balaban J connectivity index is 1.99. The van der Waals surface area contributed by atoms with E-state index < -0.39 is 12.0 Å². The molecule has 0 N–H and O–H groups in total. The number of amides is 2. The highest BCUT2D eigenvalue weighted by molar-refractivity contribution is 5.79. The molecule has 6 heteroatoms. The number of piperidine rings is 1. The van der Waals surface area contributed by atoms with E-state index in [0.717, 1.165) is 16.7 Å². The van der Waals surface area contributed by atoms with Gasteiger partial charge in [0, 0.05) is 25.7 Å². The predicted octanol–water partition coefficient (Wildman–Crippen LogP) is 5.98. The first-order chi connectivity index (χ1) is 18.0. The zero-order valence-corrected chi connectivity index (χ0v) is 21.6. The lowest BCUT2D eigenvalue weighted by Gasteiger charge is -2.52. The Kier molecular flexibility index (Phi) is 8.39. The Hall–Kier alpha value is -3.93. The van der Waals surface area contributed by atoms with Crippen LogP contribution in [0.25, 0.3) is 0 Å². The molecule has 6 nitrogen and oxygen atoms in total. The lowest BCUT2D eigenvalue weighted by atomic mass is 9.73. The lowest BCUT2D eigenvalue weighted by Crippen LogP contribution is -2.55. The third-order valence-electron chi connectivity index (χ3n) is 7.03. The van der Waals surface area contributed by atoms with Crippen molar-refractivity contribution in [2.45, 2.75) is 64.1 Å². The molecule has 1 saturated heterocycles. The topological polar surface area (TPSA) is 66.9 Å². The maximum Gasteiger partial charge on any atom is 0.329 e. The van der Waals surface area contributed by atoms with Crippen molar-refractivity contribution in [3.8, 4) is 0 Å². The van der Waals surface area contributed by atoms with Crippen LogP contribution in [0.15, 0.2) is 91.0 Å². The molecule has 0 saturated carbocycles. The van der Waals surface area contributed by atoms with E-state index in [1.165, 1.54) is 12.0 Å². The van der Waals surface area contributed by atoms with Gasteiger partial charge in [0.1, 0.15) is 0 Å². The highest BCUT2D eigenvalue weighted by Crippen LogP contribution is 2.51. The van der Waals surface area contributed by atoms with E-state index in [1.807, 2.05) is 103 Å². The molecule has 0 aliphatic carbocycles. The van der Waals surface area contributed by atoms with Crippen molar-refractivity contribution in [2.24, 2.45) is 0 Å². The molecule has 1 aliphatic rings. The molecule has 2 amide bonds. The Morgan fingerprint density at radius 3 is 1.78 bits per heavy atom. The van der Waals surface area contributed by atoms with Gasteiger partial charge in [-0.15, -0.1) is 0 Å². The van der Waals surface area contributed by atoms with Gasteiger partial charge < -0.3 is 9.74 Å². The summed E-state index contributed by atoms with van der Waals surface area (Å²) in [5.74, 6) is -1.11. The fraction of sp³-hybridized carbons (Fsp3) is 0.323. The molecule has 192 valence electrons. The van der Waals surface area contributed by atoms with Crippen LogP contribution >= 0.6 is 0 Å². The van der Waals surface area contributed by atoms with Gasteiger partial charge >= 0.3 is 5.97 Å². The number of rotatable bonds is 6. The molecule has 0 spiro atoms. The predicted molar refractivity (Wildman–Crippen MR) is 142 cm³/mol. The second kappa shape index (κ2) is 11.9. The highest BCUT2D eigenvalue weighted by atomic mass is 16.7. The van der Waals surface area contributed by atoms with Crippen LogP contribution < -0.4 is 0 Å². The molecule has 37 heavy (non-hydrogen) atoms. The summed E-state index contributed by atoms with van der Waals surface area (Å²) in [7, 11) is 0. The van der Waals surface area contributed by atoms with Crippen LogP contribution in [0.4, 0.5) is 0 Å². The number of carbonyl (C=O) groups is 3. The van der Waals surface area contributed by atoms with Gasteiger partial charge in [-0.3, -0.25) is 14.4 Å². The minimum atomic E-state index is -0.548. The largest absolute Gasteiger partial charge is 0.338 e. The fourth-order valence-corrected chi connectivity index (χ4v) is 5.49. The molecule has 3 aromatic carbocycles. The zero-order valence-electron chi connectivity index (χ0n) is 21.6. The normalized spacial score (nSPS) is 21.2. The molecule has 1 heterocycles. The third-order valence-corrected chi connectivity index (χ3v) is 7.03. The van der Waals surface area contributed by atoms with E-state index >= 15 is 0 Å². The molecule has 1 fully saturated rings. The van der Waals surface area contributed by atoms with Crippen molar-refractivity contribution >= 4 is 17.8 Å². The Morgan fingerprint density at radius 2 is 1.30 bits per heavy atom. The first kappa shape index (κ1) is 26.1. The molecule has 3 aromatic rings. The van der Waals surface area contributed by atoms with Crippen LogP contribution in [0.3, 0.4) is 0 Å².